The van der Waals surface area contributed by atoms with Crippen molar-refractivity contribution in [3.8, 4) is 0 Å². The van der Waals surface area contributed by atoms with Crippen LogP contribution in [0.1, 0.15) is 37.3 Å². The molecule has 1 aliphatic carbocycles. The molecular weight excluding hydrogens is 292 g/mol. The summed E-state index contributed by atoms with van der Waals surface area (Å²) in [6.07, 6.45) is 4.81. The van der Waals surface area contributed by atoms with Crippen molar-refractivity contribution >= 4 is 23.5 Å². The molecule has 112 valence electrons. The van der Waals surface area contributed by atoms with Crippen LogP contribution in [-0.2, 0) is 10.2 Å². The zero-order valence-electron chi connectivity index (χ0n) is 12.7. The van der Waals surface area contributed by atoms with E-state index < -0.39 is 5.41 Å². The van der Waals surface area contributed by atoms with Crippen LogP contribution in [0.3, 0.4) is 0 Å². The molecule has 1 saturated carbocycles. The Hall–Kier alpha value is -1.86. The lowest BCUT2D eigenvalue weighted by atomic mass is 9.68. The van der Waals surface area contributed by atoms with Crippen LogP contribution < -0.4 is 0 Å². The Morgan fingerprint density at radius 1 is 1.05 bits per heavy atom. The summed E-state index contributed by atoms with van der Waals surface area (Å²) in [6.45, 7) is 2.07. The Balaban J connectivity index is 1.94. The zero-order valence-corrected chi connectivity index (χ0v) is 13.4. The van der Waals surface area contributed by atoms with Crippen molar-refractivity contribution in [2.45, 2.75) is 31.6 Å². The van der Waals surface area contributed by atoms with E-state index in [9.17, 15) is 4.79 Å². The number of rotatable bonds is 2. The first-order valence-electron chi connectivity index (χ1n) is 7.66. The molecule has 0 N–H and O–H groups in total. The Bertz CT molecular complexity index is 700. The van der Waals surface area contributed by atoms with E-state index in [1.807, 2.05) is 48.5 Å². The number of hydrogen-bond donors (Lipinski definition) is 0. The molecule has 2 heteroatoms. The maximum Gasteiger partial charge on any atom is 0.169 e. The lowest BCUT2D eigenvalue weighted by molar-refractivity contribution is -0.121. The van der Waals surface area contributed by atoms with E-state index in [-0.39, 0.29) is 5.78 Å². The van der Waals surface area contributed by atoms with Gasteiger partial charge in [0.25, 0.3) is 0 Å². The third-order valence-corrected chi connectivity index (χ3v) is 4.79. The minimum absolute atomic E-state index is 0.250. The van der Waals surface area contributed by atoms with Crippen molar-refractivity contribution in [2.24, 2.45) is 0 Å². The highest BCUT2D eigenvalue weighted by Gasteiger charge is 2.39. The Morgan fingerprint density at radius 2 is 1.73 bits per heavy atom. The SMILES string of the molecule is CC1(c2ccccc2)CCCC(=Cc2ccc(Cl)cc2)C1=O. The fraction of sp³-hybridized carbons (Fsp3) is 0.250. The van der Waals surface area contributed by atoms with E-state index in [0.717, 1.165) is 36.0 Å². The summed E-state index contributed by atoms with van der Waals surface area (Å²) in [4.78, 5) is 13.0. The Morgan fingerprint density at radius 3 is 2.41 bits per heavy atom. The van der Waals surface area contributed by atoms with Crippen molar-refractivity contribution in [1.29, 1.82) is 0 Å². The third-order valence-electron chi connectivity index (χ3n) is 4.54. The highest BCUT2D eigenvalue weighted by atomic mass is 35.5. The molecule has 22 heavy (non-hydrogen) atoms. The molecular formula is C20H19ClO. The number of carbonyl (C=O) groups is 1. The average molecular weight is 311 g/mol. The largest absolute Gasteiger partial charge is 0.294 e. The first-order valence-corrected chi connectivity index (χ1v) is 8.04. The number of ketones is 1. The maximum absolute atomic E-state index is 13.0. The summed E-state index contributed by atoms with van der Waals surface area (Å²) in [5.41, 5.74) is 2.66. The second kappa shape index (κ2) is 6.10. The zero-order chi connectivity index (χ0) is 15.6. The van der Waals surface area contributed by atoms with Gasteiger partial charge in [0, 0.05) is 5.02 Å². The molecule has 1 nitrogen and oxygen atoms in total. The molecule has 0 aromatic heterocycles. The van der Waals surface area contributed by atoms with Gasteiger partial charge in [-0.2, -0.15) is 0 Å². The Labute approximate surface area is 136 Å². The van der Waals surface area contributed by atoms with Gasteiger partial charge in [0.2, 0.25) is 0 Å². The van der Waals surface area contributed by atoms with E-state index in [4.69, 9.17) is 11.6 Å². The van der Waals surface area contributed by atoms with Crippen LogP contribution in [0, 0.1) is 0 Å². The van der Waals surface area contributed by atoms with Gasteiger partial charge >= 0.3 is 0 Å². The lowest BCUT2D eigenvalue weighted by Gasteiger charge is -2.34. The van der Waals surface area contributed by atoms with Crippen LogP contribution in [0.15, 0.2) is 60.2 Å². The van der Waals surface area contributed by atoms with E-state index in [1.54, 1.807) is 0 Å². The second-order valence-corrected chi connectivity index (χ2v) is 6.54. The molecule has 0 spiro atoms. The maximum atomic E-state index is 13.0. The first kappa shape index (κ1) is 15.1. The average Bonchev–Trinajstić information content (AvgIpc) is 2.55. The van der Waals surface area contributed by atoms with E-state index >= 15 is 0 Å². The van der Waals surface area contributed by atoms with Gasteiger partial charge in [0.1, 0.15) is 0 Å². The van der Waals surface area contributed by atoms with E-state index in [2.05, 4.69) is 19.1 Å². The highest BCUT2D eigenvalue weighted by molar-refractivity contribution is 6.30. The smallest absolute Gasteiger partial charge is 0.169 e. The van der Waals surface area contributed by atoms with Crippen LogP contribution in [0.5, 0.6) is 0 Å². The van der Waals surface area contributed by atoms with Crippen LogP contribution in [0.4, 0.5) is 0 Å². The van der Waals surface area contributed by atoms with Crippen molar-refractivity contribution in [1.82, 2.24) is 0 Å². The molecule has 2 aromatic rings. The van der Waals surface area contributed by atoms with Crippen LogP contribution >= 0.6 is 11.6 Å². The van der Waals surface area contributed by atoms with E-state index in [0.29, 0.717) is 5.02 Å². The molecule has 0 saturated heterocycles. The molecule has 1 aliphatic rings. The van der Waals surface area contributed by atoms with Crippen molar-refractivity contribution < 1.29 is 4.79 Å². The molecule has 0 radical (unpaired) electrons. The van der Waals surface area contributed by atoms with Gasteiger partial charge < -0.3 is 0 Å². The van der Waals surface area contributed by atoms with Crippen molar-refractivity contribution in [2.75, 3.05) is 0 Å². The summed E-state index contributed by atoms with van der Waals surface area (Å²) in [6, 6.07) is 17.7. The quantitative estimate of drug-likeness (QED) is 0.675. The summed E-state index contributed by atoms with van der Waals surface area (Å²) in [5.74, 6) is 0.250. The molecule has 0 bridgehead atoms. The summed E-state index contributed by atoms with van der Waals surface area (Å²) in [5, 5.41) is 0.714. The third kappa shape index (κ3) is 2.86. The molecule has 1 atom stereocenters. The predicted molar refractivity (Wildman–Crippen MR) is 92.1 cm³/mol. The molecule has 0 heterocycles. The molecule has 0 amide bonds. The lowest BCUT2D eigenvalue weighted by Crippen LogP contribution is -2.37. The normalized spacial score (nSPS) is 23.7. The number of carbonyl (C=O) groups excluding carboxylic acids is 1. The standard InChI is InChI=1S/C20H19ClO/c1-20(17-7-3-2-4-8-17)13-5-6-16(19(20)22)14-15-9-11-18(21)12-10-15/h2-4,7-12,14H,5-6,13H2,1H3. The monoisotopic (exact) mass is 310 g/mol. The first-order chi connectivity index (χ1) is 10.6. The minimum atomic E-state index is -0.405. The summed E-state index contributed by atoms with van der Waals surface area (Å²) >= 11 is 5.92. The minimum Gasteiger partial charge on any atom is -0.294 e. The topological polar surface area (TPSA) is 17.1 Å². The summed E-state index contributed by atoms with van der Waals surface area (Å²) in [7, 11) is 0. The van der Waals surface area contributed by atoms with Crippen molar-refractivity contribution in [3.05, 3.63) is 76.3 Å². The van der Waals surface area contributed by atoms with Gasteiger partial charge in [0.05, 0.1) is 5.41 Å². The van der Waals surface area contributed by atoms with Crippen LogP contribution in [0.25, 0.3) is 6.08 Å². The predicted octanol–water partition coefficient (Wildman–Crippen LogP) is 5.43. The van der Waals surface area contributed by atoms with Gasteiger partial charge in [0.15, 0.2) is 5.78 Å². The molecule has 2 aromatic carbocycles. The number of halogens is 1. The Kier molecular flexibility index (Phi) is 4.17. The van der Waals surface area contributed by atoms with Crippen molar-refractivity contribution in [3.63, 3.8) is 0 Å². The summed E-state index contributed by atoms with van der Waals surface area (Å²) < 4.78 is 0. The molecule has 1 fully saturated rings. The van der Waals surface area contributed by atoms with Gasteiger partial charge in [-0.1, -0.05) is 54.1 Å². The number of hydrogen-bond acceptors (Lipinski definition) is 1. The fourth-order valence-corrected chi connectivity index (χ4v) is 3.32. The van der Waals surface area contributed by atoms with Gasteiger partial charge in [-0.25, -0.2) is 0 Å². The number of Topliss-reactive ketones (excluding diaryl/α,β-unsaturated/α-hetero) is 1. The fourth-order valence-electron chi connectivity index (χ4n) is 3.19. The van der Waals surface area contributed by atoms with Crippen LogP contribution in [-0.4, -0.2) is 5.78 Å². The van der Waals surface area contributed by atoms with Gasteiger partial charge in [-0.05, 0) is 61.1 Å². The molecule has 1 unspecified atom stereocenters. The number of benzene rings is 2. The number of allylic oxidation sites excluding steroid dienone is 1. The second-order valence-electron chi connectivity index (χ2n) is 6.10. The van der Waals surface area contributed by atoms with Crippen LogP contribution in [0.2, 0.25) is 5.02 Å². The van der Waals surface area contributed by atoms with Gasteiger partial charge in [-0.3, -0.25) is 4.79 Å². The molecule has 0 aliphatic heterocycles. The van der Waals surface area contributed by atoms with E-state index in [1.165, 1.54) is 0 Å². The highest BCUT2D eigenvalue weighted by Crippen LogP contribution is 2.39. The molecule has 3 rings (SSSR count). The van der Waals surface area contributed by atoms with Gasteiger partial charge in [-0.15, -0.1) is 0 Å².